The number of anilines is 1. The van der Waals surface area contributed by atoms with Gasteiger partial charge < -0.3 is 24.8 Å². The molecular formula is C23H19ClN2O5. The van der Waals surface area contributed by atoms with E-state index in [4.69, 9.17) is 25.8 Å². The number of carbonyl (C=O) groups excluding carboxylic acids is 2. The Morgan fingerprint density at radius 1 is 0.968 bits per heavy atom. The van der Waals surface area contributed by atoms with Crippen LogP contribution in [0.2, 0.25) is 5.02 Å². The maximum Gasteiger partial charge on any atom is 0.259 e. The fourth-order valence-corrected chi connectivity index (χ4v) is 3.14. The minimum Gasteiger partial charge on any atom is -0.483 e. The van der Waals surface area contributed by atoms with Crippen molar-refractivity contribution >= 4 is 29.1 Å². The number of ether oxygens (including phenoxy) is 3. The minimum atomic E-state index is -0.385. The first kappa shape index (κ1) is 20.6. The summed E-state index contributed by atoms with van der Waals surface area (Å²) in [5, 5.41) is 5.94. The summed E-state index contributed by atoms with van der Waals surface area (Å²) >= 11 is 6.05. The minimum absolute atomic E-state index is 0.195. The van der Waals surface area contributed by atoms with Crippen LogP contribution in [-0.4, -0.2) is 25.2 Å². The maximum atomic E-state index is 12.7. The van der Waals surface area contributed by atoms with Crippen LogP contribution in [0.3, 0.4) is 0 Å². The molecule has 3 aromatic rings. The molecule has 0 fully saturated rings. The lowest BCUT2D eigenvalue weighted by molar-refractivity contribution is -0.123. The molecule has 0 spiro atoms. The molecule has 0 aromatic heterocycles. The van der Waals surface area contributed by atoms with Gasteiger partial charge in [0.25, 0.3) is 11.8 Å². The first-order valence-corrected chi connectivity index (χ1v) is 9.90. The number of nitrogens with one attached hydrogen (secondary N) is 2. The molecule has 4 rings (SSSR count). The predicted molar refractivity (Wildman–Crippen MR) is 116 cm³/mol. The number of benzene rings is 3. The van der Waals surface area contributed by atoms with Gasteiger partial charge >= 0.3 is 0 Å². The smallest absolute Gasteiger partial charge is 0.259 e. The zero-order valence-corrected chi connectivity index (χ0v) is 17.1. The molecule has 1 aliphatic heterocycles. The second-order valence-corrected chi connectivity index (χ2v) is 7.15. The number of carbonyl (C=O) groups is 2. The van der Waals surface area contributed by atoms with Gasteiger partial charge in [0.05, 0.1) is 5.56 Å². The second-order valence-electron chi connectivity index (χ2n) is 6.71. The molecule has 2 amide bonds. The average Bonchev–Trinajstić information content (AvgIpc) is 3.25. The van der Waals surface area contributed by atoms with E-state index in [0.29, 0.717) is 28.8 Å². The molecule has 1 heterocycles. The Morgan fingerprint density at radius 3 is 2.61 bits per heavy atom. The van der Waals surface area contributed by atoms with Gasteiger partial charge in [0, 0.05) is 17.3 Å². The Kier molecular flexibility index (Phi) is 6.24. The van der Waals surface area contributed by atoms with Gasteiger partial charge in [-0.15, -0.1) is 0 Å². The highest BCUT2D eigenvalue weighted by Gasteiger charge is 2.16. The largest absolute Gasteiger partial charge is 0.483 e. The molecule has 0 unspecified atom stereocenters. The Hall–Kier alpha value is -3.71. The molecule has 3 aromatic carbocycles. The summed E-state index contributed by atoms with van der Waals surface area (Å²) in [5.41, 5.74) is 1.74. The van der Waals surface area contributed by atoms with Crippen LogP contribution < -0.4 is 24.8 Å². The van der Waals surface area contributed by atoms with Gasteiger partial charge in [0.15, 0.2) is 18.1 Å². The summed E-state index contributed by atoms with van der Waals surface area (Å²) in [6, 6.07) is 19.1. The summed E-state index contributed by atoms with van der Waals surface area (Å²) in [4.78, 5) is 24.9. The molecule has 0 radical (unpaired) electrons. The van der Waals surface area contributed by atoms with E-state index in [-0.39, 0.29) is 36.5 Å². The molecule has 31 heavy (non-hydrogen) atoms. The van der Waals surface area contributed by atoms with Gasteiger partial charge in [-0.1, -0.05) is 35.9 Å². The van der Waals surface area contributed by atoms with Crippen LogP contribution in [0.15, 0.2) is 66.7 Å². The van der Waals surface area contributed by atoms with Gasteiger partial charge in [0.1, 0.15) is 5.75 Å². The molecule has 0 aliphatic carbocycles. The summed E-state index contributed by atoms with van der Waals surface area (Å²) in [6.45, 7) is 0.249. The summed E-state index contributed by atoms with van der Waals surface area (Å²) < 4.78 is 16.2. The third-order valence-electron chi connectivity index (χ3n) is 4.50. The zero-order valence-electron chi connectivity index (χ0n) is 16.4. The van der Waals surface area contributed by atoms with Gasteiger partial charge in [-0.2, -0.15) is 0 Å². The van der Waals surface area contributed by atoms with Crippen molar-refractivity contribution in [1.82, 2.24) is 5.32 Å². The van der Waals surface area contributed by atoms with Crippen molar-refractivity contribution in [1.29, 1.82) is 0 Å². The van der Waals surface area contributed by atoms with E-state index in [1.165, 1.54) is 6.07 Å². The first-order chi connectivity index (χ1) is 15.1. The van der Waals surface area contributed by atoms with E-state index in [1.54, 1.807) is 30.3 Å². The first-order valence-electron chi connectivity index (χ1n) is 9.52. The molecule has 158 valence electrons. The molecule has 0 atom stereocenters. The molecule has 2 N–H and O–H groups in total. The van der Waals surface area contributed by atoms with Crippen LogP contribution >= 0.6 is 11.6 Å². The third-order valence-corrected chi connectivity index (χ3v) is 4.74. The van der Waals surface area contributed by atoms with Crippen LogP contribution in [0, 0.1) is 0 Å². The van der Waals surface area contributed by atoms with Crippen LogP contribution in [0.4, 0.5) is 5.69 Å². The molecule has 8 heteroatoms. The van der Waals surface area contributed by atoms with E-state index >= 15 is 0 Å². The van der Waals surface area contributed by atoms with Crippen LogP contribution in [0.25, 0.3) is 0 Å². The monoisotopic (exact) mass is 438 g/mol. The Morgan fingerprint density at radius 2 is 1.77 bits per heavy atom. The lowest BCUT2D eigenvalue weighted by Crippen LogP contribution is -2.28. The number of rotatable bonds is 7. The van der Waals surface area contributed by atoms with E-state index in [2.05, 4.69) is 10.6 Å². The topological polar surface area (TPSA) is 85.9 Å². The molecular weight excluding hydrogens is 420 g/mol. The SMILES string of the molecule is O=C(COc1ccc(Cl)cc1C(=O)Nc1ccccc1)NCc1ccc2c(c1)OCO2. The van der Waals surface area contributed by atoms with Gasteiger partial charge in [-0.25, -0.2) is 0 Å². The average molecular weight is 439 g/mol. The van der Waals surface area contributed by atoms with Crippen molar-refractivity contribution in [3.63, 3.8) is 0 Å². The van der Waals surface area contributed by atoms with Crippen LogP contribution in [0.1, 0.15) is 15.9 Å². The highest BCUT2D eigenvalue weighted by atomic mass is 35.5. The molecule has 1 aliphatic rings. The van der Waals surface area contributed by atoms with Crippen LogP contribution in [-0.2, 0) is 11.3 Å². The number of halogens is 1. The zero-order chi connectivity index (χ0) is 21.6. The lowest BCUT2D eigenvalue weighted by atomic mass is 10.1. The normalized spacial score (nSPS) is 11.6. The van der Waals surface area contributed by atoms with Crippen molar-refractivity contribution in [2.75, 3.05) is 18.7 Å². The van der Waals surface area contributed by atoms with Crippen molar-refractivity contribution in [2.45, 2.75) is 6.54 Å². The fraction of sp³-hybridized carbons (Fsp3) is 0.130. The summed E-state index contributed by atoms with van der Waals surface area (Å²) in [5.74, 6) is 0.878. The Balaban J connectivity index is 1.35. The number of para-hydroxylation sites is 1. The van der Waals surface area contributed by atoms with Gasteiger partial charge in [0.2, 0.25) is 6.79 Å². The maximum absolute atomic E-state index is 12.7. The Labute approximate surface area is 183 Å². The van der Waals surface area contributed by atoms with Gasteiger partial charge in [-0.3, -0.25) is 9.59 Å². The fourth-order valence-electron chi connectivity index (χ4n) is 2.97. The van der Waals surface area contributed by atoms with Crippen molar-refractivity contribution < 1.29 is 23.8 Å². The predicted octanol–water partition coefficient (Wildman–Crippen LogP) is 4.02. The van der Waals surface area contributed by atoms with Crippen molar-refractivity contribution in [3.8, 4) is 17.2 Å². The summed E-state index contributed by atoms with van der Waals surface area (Å²) in [6.07, 6.45) is 0. The quantitative estimate of drug-likeness (QED) is 0.582. The van der Waals surface area contributed by atoms with Crippen LogP contribution in [0.5, 0.6) is 17.2 Å². The third kappa shape index (κ3) is 5.26. The van der Waals surface area contributed by atoms with Crippen molar-refractivity contribution in [3.05, 3.63) is 82.9 Å². The highest BCUT2D eigenvalue weighted by molar-refractivity contribution is 6.31. The standard InChI is InChI=1S/C23H19ClN2O5/c24-16-7-9-19(18(11-16)23(28)26-17-4-2-1-3-5-17)29-13-22(27)25-12-15-6-8-20-21(10-15)31-14-30-20/h1-11H,12-14H2,(H,25,27)(H,26,28). The van der Waals surface area contributed by atoms with Gasteiger partial charge in [-0.05, 0) is 48.0 Å². The molecule has 0 saturated carbocycles. The molecule has 7 nitrogen and oxygen atoms in total. The molecule has 0 saturated heterocycles. The number of hydrogen-bond acceptors (Lipinski definition) is 5. The van der Waals surface area contributed by atoms with E-state index in [9.17, 15) is 9.59 Å². The second kappa shape index (κ2) is 9.40. The summed E-state index contributed by atoms with van der Waals surface area (Å²) in [7, 11) is 0. The molecule has 0 bridgehead atoms. The van der Waals surface area contributed by atoms with E-state index in [0.717, 1.165) is 5.56 Å². The Bertz CT molecular complexity index is 1100. The van der Waals surface area contributed by atoms with E-state index in [1.807, 2.05) is 30.3 Å². The number of hydrogen-bond donors (Lipinski definition) is 2. The number of fused-ring (bicyclic) bond motifs is 1. The lowest BCUT2D eigenvalue weighted by Gasteiger charge is -2.12. The van der Waals surface area contributed by atoms with Crippen molar-refractivity contribution in [2.24, 2.45) is 0 Å². The van der Waals surface area contributed by atoms with E-state index < -0.39 is 0 Å². The number of amides is 2. The highest BCUT2D eigenvalue weighted by Crippen LogP contribution is 2.32.